The number of fused-ring (bicyclic) bond motifs is 5. The first-order chi connectivity index (χ1) is 29.8. The maximum atomic E-state index is 16.3. The number of nitrogens with zero attached hydrogens (tertiary/aromatic N) is 6. The molecule has 13 nitrogen and oxygen atoms in total. The summed E-state index contributed by atoms with van der Waals surface area (Å²) in [6, 6.07) is 7.11. The van der Waals surface area contributed by atoms with Crippen LogP contribution in [0.5, 0.6) is 0 Å². The third-order valence-corrected chi connectivity index (χ3v) is 14.4. The van der Waals surface area contributed by atoms with Gasteiger partial charge in [0.1, 0.15) is 17.7 Å². The number of amides is 5. The highest BCUT2D eigenvalue weighted by atomic mass is 19.3. The van der Waals surface area contributed by atoms with Crippen LogP contribution in [0, 0.1) is 17.0 Å². The zero-order chi connectivity index (χ0) is 43.2. The van der Waals surface area contributed by atoms with Crippen molar-refractivity contribution in [2.45, 2.75) is 89.5 Å². The second-order valence-corrected chi connectivity index (χ2v) is 18.0. The fourth-order valence-electron chi connectivity index (χ4n) is 11.0. The van der Waals surface area contributed by atoms with Crippen molar-refractivity contribution in [3.05, 3.63) is 93.2 Å². The Balaban J connectivity index is 0.758. The van der Waals surface area contributed by atoms with E-state index in [9.17, 15) is 32.8 Å². The average Bonchev–Trinajstić information content (AvgIpc) is 3.94. The Labute approximate surface area is 354 Å². The molecule has 0 saturated carbocycles. The molecule has 10 rings (SSSR count). The summed E-state index contributed by atoms with van der Waals surface area (Å²) in [7, 11) is 0. The molecule has 2 unspecified atom stereocenters. The summed E-state index contributed by atoms with van der Waals surface area (Å²) in [5.74, 6) is -3.75. The van der Waals surface area contributed by atoms with Crippen molar-refractivity contribution in [2.75, 3.05) is 44.2 Å². The summed E-state index contributed by atoms with van der Waals surface area (Å²) in [4.78, 5) is 72.6. The number of likely N-dealkylation sites (tertiary alicyclic amines) is 1. The average molecular weight is 855 g/mol. The predicted octanol–water partition coefficient (Wildman–Crippen LogP) is 5.07. The van der Waals surface area contributed by atoms with Crippen LogP contribution in [0.1, 0.15) is 100 Å². The molecule has 5 amide bonds. The standard InChI is InChI=1S/C45H46F4N8O5/c1-24-14-29-28(2-3-35-32(29)19-50-52-35)41(56(24)22-37(48)49)40-33(46)17-27(18-34(40)47)54-10-6-45(7-11-54)8-12-55(13-9-45)39(59)23-53-20-25-15-30-31(16-26(25)21-53)44(62)57(43(30)61)36-4-5-38(58)51-42(36)60/h2-3,15-19,24,36-37,41H,4-14,20-23H2,1H3,(H,50,52)(H,51,58,60)/t24-,36?,41?/m1/s1. The van der Waals surface area contributed by atoms with Gasteiger partial charge < -0.3 is 9.80 Å². The van der Waals surface area contributed by atoms with Gasteiger partial charge >= 0.3 is 0 Å². The lowest BCUT2D eigenvalue weighted by Gasteiger charge is -2.47. The Morgan fingerprint density at radius 3 is 2.18 bits per heavy atom. The number of aromatic nitrogens is 2. The number of benzene rings is 3. The molecule has 3 fully saturated rings. The summed E-state index contributed by atoms with van der Waals surface area (Å²) in [5.41, 5.74) is 4.53. The molecule has 62 heavy (non-hydrogen) atoms. The van der Waals surface area contributed by atoms with Gasteiger partial charge in [0, 0.05) is 68.4 Å². The molecule has 0 bridgehead atoms. The van der Waals surface area contributed by atoms with Crippen LogP contribution in [0.4, 0.5) is 23.2 Å². The van der Waals surface area contributed by atoms with Crippen LogP contribution in [0.25, 0.3) is 10.9 Å². The van der Waals surface area contributed by atoms with Crippen molar-refractivity contribution in [1.29, 1.82) is 0 Å². The summed E-state index contributed by atoms with van der Waals surface area (Å²) in [5, 5.41) is 10.1. The van der Waals surface area contributed by atoms with E-state index in [1.807, 2.05) is 14.7 Å². The molecule has 3 atom stereocenters. The topological polar surface area (TPSA) is 142 Å². The fraction of sp³-hybridized carbons (Fsp3) is 0.467. The summed E-state index contributed by atoms with van der Waals surface area (Å²) < 4.78 is 60.5. The third kappa shape index (κ3) is 6.83. The normalized spacial score (nSPS) is 24.0. The molecule has 1 spiro atoms. The number of nitrogens with one attached hydrogen (secondary N) is 2. The van der Waals surface area contributed by atoms with Crippen molar-refractivity contribution in [3.63, 3.8) is 0 Å². The number of carbonyl (C=O) groups excluding carboxylic acids is 5. The van der Waals surface area contributed by atoms with Crippen LogP contribution in [-0.4, -0.2) is 117 Å². The molecule has 324 valence electrons. The van der Waals surface area contributed by atoms with Crippen LogP contribution in [-0.2, 0) is 33.9 Å². The number of halogens is 4. The highest BCUT2D eigenvalue weighted by molar-refractivity contribution is 6.23. The fourth-order valence-corrected chi connectivity index (χ4v) is 11.0. The number of rotatable bonds is 7. The maximum Gasteiger partial charge on any atom is 0.262 e. The number of piperidine rings is 3. The highest BCUT2D eigenvalue weighted by Crippen LogP contribution is 2.46. The van der Waals surface area contributed by atoms with E-state index >= 15 is 8.78 Å². The van der Waals surface area contributed by atoms with Crippen LogP contribution in [0.15, 0.2) is 42.6 Å². The molecule has 4 aromatic rings. The molecule has 2 N–H and O–H groups in total. The Morgan fingerprint density at radius 1 is 0.903 bits per heavy atom. The zero-order valence-electron chi connectivity index (χ0n) is 34.2. The van der Waals surface area contributed by atoms with Crippen molar-refractivity contribution in [1.82, 2.24) is 35.1 Å². The molecule has 7 heterocycles. The first-order valence-electron chi connectivity index (χ1n) is 21.4. The van der Waals surface area contributed by atoms with Crippen molar-refractivity contribution >= 4 is 46.1 Å². The molecular weight excluding hydrogens is 809 g/mol. The maximum absolute atomic E-state index is 16.3. The molecule has 17 heteroatoms. The minimum absolute atomic E-state index is 0.00357. The first kappa shape index (κ1) is 40.4. The van der Waals surface area contributed by atoms with Gasteiger partial charge in [-0.15, -0.1) is 0 Å². The lowest BCUT2D eigenvalue weighted by Crippen LogP contribution is -2.54. The van der Waals surface area contributed by atoms with Gasteiger partial charge in [0.15, 0.2) is 0 Å². The number of alkyl halides is 2. The van der Waals surface area contributed by atoms with Crippen molar-refractivity contribution in [3.8, 4) is 0 Å². The second-order valence-electron chi connectivity index (χ2n) is 18.0. The third-order valence-electron chi connectivity index (χ3n) is 14.4. The van der Waals surface area contributed by atoms with Gasteiger partial charge in [0.2, 0.25) is 17.7 Å². The molecule has 1 aromatic heterocycles. The molecule has 0 aliphatic carbocycles. The highest BCUT2D eigenvalue weighted by Gasteiger charge is 2.46. The molecule has 3 aromatic carbocycles. The van der Waals surface area contributed by atoms with E-state index < -0.39 is 66.4 Å². The molecule has 6 aliphatic heterocycles. The van der Waals surface area contributed by atoms with Crippen LogP contribution in [0.2, 0.25) is 0 Å². The number of aromatic amines is 1. The molecule has 6 aliphatic rings. The number of imide groups is 2. The lowest BCUT2D eigenvalue weighted by molar-refractivity contribution is -0.137. The van der Waals surface area contributed by atoms with E-state index in [1.165, 1.54) is 17.0 Å². The van der Waals surface area contributed by atoms with Crippen LogP contribution < -0.4 is 10.2 Å². The van der Waals surface area contributed by atoms with Gasteiger partial charge in [-0.1, -0.05) is 6.07 Å². The first-order valence-corrected chi connectivity index (χ1v) is 21.4. The van der Waals surface area contributed by atoms with E-state index in [4.69, 9.17) is 0 Å². The van der Waals surface area contributed by atoms with Crippen LogP contribution in [0.3, 0.4) is 0 Å². The quantitative estimate of drug-likeness (QED) is 0.193. The predicted molar refractivity (Wildman–Crippen MR) is 217 cm³/mol. The van der Waals surface area contributed by atoms with Gasteiger partial charge in [-0.25, -0.2) is 17.6 Å². The Kier molecular flexibility index (Phi) is 9.96. The SMILES string of the molecule is C[C@@H]1Cc2c(ccc3[nH]ncc23)C(c2c(F)cc(N3CCC4(CCN(C(=O)CN5Cc6cc7c(cc6C5)C(=O)N(C5CCC(=O)NC5=O)C7=O)CC4)CC3)cc2F)N1CC(F)F. The molecule has 0 radical (unpaired) electrons. The van der Waals surface area contributed by atoms with Gasteiger partial charge in [-0.3, -0.25) is 49.1 Å². The Bertz CT molecular complexity index is 2480. The van der Waals surface area contributed by atoms with Crippen LogP contribution >= 0.6 is 0 Å². The minimum Gasteiger partial charge on any atom is -0.371 e. The Hall–Kier alpha value is -5.68. The zero-order valence-corrected chi connectivity index (χ0v) is 34.2. The minimum atomic E-state index is -2.69. The summed E-state index contributed by atoms with van der Waals surface area (Å²) in [6.45, 7) is 4.56. The van der Waals surface area contributed by atoms with E-state index in [0.29, 0.717) is 56.9 Å². The van der Waals surface area contributed by atoms with Gasteiger partial charge in [-0.05, 0) is 103 Å². The molecular formula is C45H46F4N8O5. The number of hydrogen-bond acceptors (Lipinski definition) is 9. The van der Waals surface area contributed by atoms with E-state index in [0.717, 1.165) is 58.2 Å². The number of anilines is 1. The monoisotopic (exact) mass is 854 g/mol. The second kappa shape index (κ2) is 15.3. The van der Waals surface area contributed by atoms with E-state index in [2.05, 4.69) is 15.5 Å². The lowest BCUT2D eigenvalue weighted by atomic mass is 9.71. The van der Waals surface area contributed by atoms with Gasteiger partial charge in [-0.2, -0.15) is 5.10 Å². The largest absolute Gasteiger partial charge is 0.371 e. The number of carbonyl (C=O) groups is 5. The Morgan fingerprint density at radius 2 is 1.55 bits per heavy atom. The van der Waals surface area contributed by atoms with Gasteiger partial charge in [0.25, 0.3) is 18.2 Å². The van der Waals surface area contributed by atoms with Gasteiger partial charge in [0.05, 0.1) is 42.0 Å². The number of hydrogen-bond donors (Lipinski definition) is 2. The molecule has 3 saturated heterocycles. The summed E-state index contributed by atoms with van der Waals surface area (Å²) >= 11 is 0. The van der Waals surface area contributed by atoms with Crippen molar-refractivity contribution in [2.24, 2.45) is 5.41 Å². The summed E-state index contributed by atoms with van der Waals surface area (Å²) in [6.07, 6.45) is 2.74. The number of H-pyrrole nitrogens is 1. The van der Waals surface area contributed by atoms with E-state index in [-0.39, 0.29) is 47.4 Å². The smallest absolute Gasteiger partial charge is 0.262 e. The van der Waals surface area contributed by atoms with E-state index in [1.54, 1.807) is 37.4 Å². The van der Waals surface area contributed by atoms with Crippen molar-refractivity contribution < 1.29 is 41.5 Å².